The van der Waals surface area contributed by atoms with Crippen molar-refractivity contribution >= 4 is 5.78 Å². The second-order valence-electron chi connectivity index (χ2n) is 7.35. The molecule has 1 heterocycles. The van der Waals surface area contributed by atoms with Crippen molar-refractivity contribution in [2.75, 3.05) is 0 Å². The van der Waals surface area contributed by atoms with E-state index in [2.05, 4.69) is 0 Å². The molecule has 0 aliphatic rings. The van der Waals surface area contributed by atoms with E-state index in [-0.39, 0.29) is 16.9 Å². The van der Waals surface area contributed by atoms with E-state index in [1.165, 1.54) is 22.9 Å². The van der Waals surface area contributed by atoms with Gasteiger partial charge in [-0.2, -0.15) is 0 Å². The molecule has 6 nitrogen and oxygen atoms in total. The lowest BCUT2D eigenvalue weighted by Gasteiger charge is -2.14. The number of phenolic OH excluding ortho intramolecular Hbond substituents is 1. The van der Waals surface area contributed by atoms with Gasteiger partial charge in [0.05, 0.1) is 16.9 Å². The van der Waals surface area contributed by atoms with Gasteiger partial charge in [0, 0.05) is 6.20 Å². The molecule has 0 atom stereocenters. The van der Waals surface area contributed by atoms with Gasteiger partial charge in [-0.25, -0.2) is 9.36 Å². The molecule has 0 saturated carbocycles. The summed E-state index contributed by atoms with van der Waals surface area (Å²) in [5, 5.41) is 10.1. The number of rotatable bonds is 4. The maximum atomic E-state index is 13.3. The number of aromatic hydroxyl groups is 1. The number of ketones is 1. The first kappa shape index (κ1) is 20.1. The van der Waals surface area contributed by atoms with E-state index < -0.39 is 17.0 Å². The van der Waals surface area contributed by atoms with Crippen LogP contribution in [0.25, 0.3) is 11.4 Å². The van der Waals surface area contributed by atoms with Crippen molar-refractivity contribution in [3.8, 4) is 17.1 Å². The summed E-state index contributed by atoms with van der Waals surface area (Å²) in [5.41, 5.74) is 1.28. The standard InChI is InChI=1S/C25H20N2O4/c1-16-7-11-18(12-8-16)26-15-21(23(29)20-5-3-4-6-22(20)28)24(30)27(25(26)31)19-13-9-17(2)10-14-19/h3-15,28H,1-2H3. The summed E-state index contributed by atoms with van der Waals surface area (Å²) in [6.45, 7) is 3.82. The Morgan fingerprint density at radius 2 is 1.29 bits per heavy atom. The number of aryl methyl sites for hydroxylation is 2. The van der Waals surface area contributed by atoms with Gasteiger partial charge in [-0.1, -0.05) is 47.5 Å². The fourth-order valence-corrected chi connectivity index (χ4v) is 3.33. The van der Waals surface area contributed by atoms with Crippen LogP contribution < -0.4 is 11.2 Å². The number of carbonyl (C=O) groups is 1. The van der Waals surface area contributed by atoms with Crippen LogP contribution in [0.1, 0.15) is 27.0 Å². The van der Waals surface area contributed by atoms with Gasteiger partial charge in [0.1, 0.15) is 11.3 Å². The zero-order valence-electron chi connectivity index (χ0n) is 17.1. The molecule has 3 aromatic carbocycles. The molecule has 154 valence electrons. The van der Waals surface area contributed by atoms with Crippen molar-refractivity contribution in [3.05, 3.63) is 122 Å². The highest BCUT2D eigenvalue weighted by Gasteiger charge is 2.22. The molecule has 1 N–H and O–H groups in total. The van der Waals surface area contributed by atoms with E-state index in [9.17, 15) is 19.5 Å². The molecule has 1 aromatic heterocycles. The molecule has 0 unspecified atom stereocenters. The van der Waals surface area contributed by atoms with Crippen LogP contribution in [0.5, 0.6) is 5.75 Å². The molecule has 0 aliphatic heterocycles. The molecule has 0 amide bonds. The third kappa shape index (κ3) is 3.71. The van der Waals surface area contributed by atoms with Gasteiger partial charge < -0.3 is 5.11 Å². The number of aromatic nitrogens is 2. The van der Waals surface area contributed by atoms with Crippen molar-refractivity contribution in [2.24, 2.45) is 0 Å². The van der Waals surface area contributed by atoms with Crippen LogP contribution in [0.2, 0.25) is 0 Å². The number of hydrogen-bond donors (Lipinski definition) is 1. The highest BCUT2D eigenvalue weighted by molar-refractivity contribution is 6.10. The van der Waals surface area contributed by atoms with Gasteiger partial charge in [-0.05, 0) is 50.2 Å². The maximum Gasteiger partial charge on any atom is 0.340 e. The average Bonchev–Trinajstić information content (AvgIpc) is 2.76. The molecule has 0 fully saturated rings. The van der Waals surface area contributed by atoms with E-state index in [4.69, 9.17) is 0 Å². The van der Waals surface area contributed by atoms with Crippen molar-refractivity contribution in [1.82, 2.24) is 9.13 Å². The predicted octanol–water partition coefficient (Wildman–Crippen LogP) is 3.54. The summed E-state index contributed by atoms with van der Waals surface area (Å²) in [6, 6.07) is 20.1. The molecular weight excluding hydrogens is 392 g/mol. The summed E-state index contributed by atoms with van der Waals surface area (Å²) in [4.78, 5) is 39.8. The zero-order valence-corrected chi connectivity index (χ0v) is 17.1. The fourth-order valence-electron chi connectivity index (χ4n) is 3.33. The highest BCUT2D eigenvalue weighted by atomic mass is 16.3. The Morgan fingerprint density at radius 3 is 1.87 bits per heavy atom. The Hall–Kier alpha value is -4.19. The molecule has 4 rings (SSSR count). The number of para-hydroxylation sites is 1. The lowest BCUT2D eigenvalue weighted by Crippen LogP contribution is -2.41. The van der Waals surface area contributed by atoms with Crippen LogP contribution in [0.3, 0.4) is 0 Å². The van der Waals surface area contributed by atoms with Crippen molar-refractivity contribution in [2.45, 2.75) is 13.8 Å². The molecule has 0 spiro atoms. The Kier molecular flexibility index (Phi) is 5.13. The van der Waals surface area contributed by atoms with Crippen molar-refractivity contribution in [3.63, 3.8) is 0 Å². The van der Waals surface area contributed by atoms with Gasteiger partial charge in [0.25, 0.3) is 5.56 Å². The predicted molar refractivity (Wildman–Crippen MR) is 119 cm³/mol. The van der Waals surface area contributed by atoms with Crippen molar-refractivity contribution < 1.29 is 9.90 Å². The summed E-state index contributed by atoms with van der Waals surface area (Å²) in [7, 11) is 0. The summed E-state index contributed by atoms with van der Waals surface area (Å²) < 4.78 is 2.25. The van der Waals surface area contributed by atoms with E-state index in [0.717, 1.165) is 15.7 Å². The topological polar surface area (TPSA) is 81.3 Å². The zero-order chi connectivity index (χ0) is 22.1. The van der Waals surface area contributed by atoms with E-state index in [1.807, 2.05) is 26.0 Å². The lowest BCUT2D eigenvalue weighted by atomic mass is 10.0. The van der Waals surface area contributed by atoms with Crippen LogP contribution in [0.15, 0.2) is 88.6 Å². The maximum absolute atomic E-state index is 13.3. The van der Waals surface area contributed by atoms with Crippen LogP contribution in [-0.2, 0) is 0 Å². The van der Waals surface area contributed by atoms with Gasteiger partial charge in [-0.3, -0.25) is 14.2 Å². The number of nitrogens with zero attached hydrogens (tertiary/aromatic N) is 2. The van der Waals surface area contributed by atoms with Gasteiger partial charge >= 0.3 is 5.69 Å². The number of benzene rings is 3. The SMILES string of the molecule is Cc1ccc(-n2cc(C(=O)c3ccccc3O)c(=O)n(-c3ccc(C)cc3)c2=O)cc1. The van der Waals surface area contributed by atoms with Crippen LogP contribution in [0, 0.1) is 13.8 Å². The minimum absolute atomic E-state index is 0.0100. The number of hydrogen-bond acceptors (Lipinski definition) is 4. The van der Waals surface area contributed by atoms with E-state index in [1.54, 1.807) is 48.5 Å². The van der Waals surface area contributed by atoms with Gasteiger partial charge in [0.15, 0.2) is 0 Å². The summed E-state index contributed by atoms with van der Waals surface area (Å²) >= 11 is 0. The molecule has 31 heavy (non-hydrogen) atoms. The van der Waals surface area contributed by atoms with Crippen LogP contribution in [-0.4, -0.2) is 20.0 Å². The first-order chi connectivity index (χ1) is 14.9. The van der Waals surface area contributed by atoms with Crippen molar-refractivity contribution in [1.29, 1.82) is 0 Å². The Morgan fingerprint density at radius 1 is 0.742 bits per heavy atom. The third-order valence-electron chi connectivity index (χ3n) is 5.09. The summed E-state index contributed by atoms with van der Waals surface area (Å²) in [5.74, 6) is -0.897. The van der Waals surface area contributed by atoms with Crippen LogP contribution in [0.4, 0.5) is 0 Å². The Balaban J connectivity index is 2.03. The first-order valence-electron chi connectivity index (χ1n) is 9.72. The first-order valence-corrected chi connectivity index (χ1v) is 9.72. The number of carbonyl (C=O) groups excluding carboxylic acids is 1. The van der Waals surface area contributed by atoms with Crippen LogP contribution >= 0.6 is 0 Å². The lowest BCUT2D eigenvalue weighted by molar-refractivity contribution is 0.103. The van der Waals surface area contributed by atoms with Gasteiger partial charge in [0.2, 0.25) is 5.78 Å². The molecule has 0 radical (unpaired) electrons. The van der Waals surface area contributed by atoms with Gasteiger partial charge in [-0.15, -0.1) is 0 Å². The molecule has 0 bridgehead atoms. The highest BCUT2D eigenvalue weighted by Crippen LogP contribution is 2.19. The second-order valence-corrected chi connectivity index (χ2v) is 7.35. The normalized spacial score (nSPS) is 10.8. The molecule has 6 heteroatoms. The minimum Gasteiger partial charge on any atom is -0.507 e. The number of phenols is 1. The quantitative estimate of drug-likeness (QED) is 0.520. The Labute approximate surface area is 178 Å². The molecule has 0 aliphatic carbocycles. The third-order valence-corrected chi connectivity index (χ3v) is 5.09. The monoisotopic (exact) mass is 412 g/mol. The molecule has 4 aromatic rings. The largest absolute Gasteiger partial charge is 0.507 e. The smallest absolute Gasteiger partial charge is 0.340 e. The fraction of sp³-hybridized carbons (Fsp3) is 0.0800. The minimum atomic E-state index is -0.745. The van der Waals surface area contributed by atoms with E-state index in [0.29, 0.717) is 11.4 Å². The molecule has 0 saturated heterocycles. The molecular formula is C25H20N2O4. The summed E-state index contributed by atoms with van der Waals surface area (Å²) in [6.07, 6.45) is 1.24. The van der Waals surface area contributed by atoms with E-state index >= 15 is 0 Å². The average molecular weight is 412 g/mol. The Bertz CT molecular complexity index is 1400. The second kappa shape index (κ2) is 7.91.